The van der Waals surface area contributed by atoms with E-state index in [1.54, 1.807) is 20.8 Å². The van der Waals surface area contributed by atoms with Crippen LogP contribution in [0.2, 0.25) is 0 Å². The van der Waals surface area contributed by atoms with Crippen LogP contribution < -0.4 is 5.73 Å². The van der Waals surface area contributed by atoms with Gasteiger partial charge in [0.25, 0.3) is 0 Å². The molecule has 112 valence electrons. The predicted molar refractivity (Wildman–Crippen MR) is 72.2 cm³/mol. The number of rotatable bonds is 5. The summed E-state index contributed by atoms with van der Waals surface area (Å²) in [6.45, 7) is 4.50. The molecule has 0 aromatic carbocycles. The Balaban J connectivity index is 0. The van der Waals surface area contributed by atoms with Crippen molar-refractivity contribution in [3.8, 4) is 0 Å². The van der Waals surface area contributed by atoms with Crippen molar-refractivity contribution < 1.29 is 29.0 Å². The number of carboxylic acids is 1. The number of ether oxygens (including phenoxy) is 2. The average Bonchev–Trinajstić information content (AvgIpc) is 2.24. The Labute approximate surface area is 121 Å². The number of aliphatic carboxylic acids is 1. The van der Waals surface area contributed by atoms with Gasteiger partial charge in [0.05, 0.1) is 5.41 Å². The first-order chi connectivity index (χ1) is 8.14. The highest BCUT2D eigenvalue weighted by atomic mass is 35.5. The summed E-state index contributed by atoms with van der Waals surface area (Å²) < 4.78 is 9.26. The van der Waals surface area contributed by atoms with Crippen molar-refractivity contribution in [1.29, 1.82) is 0 Å². The Kier molecular flexibility index (Phi) is 9.63. The van der Waals surface area contributed by atoms with E-state index in [0.717, 1.165) is 0 Å². The molecule has 0 aromatic rings. The molecule has 0 fully saturated rings. The van der Waals surface area contributed by atoms with E-state index in [0.29, 0.717) is 11.8 Å². The van der Waals surface area contributed by atoms with Crippen molar-refractivity contribution in [2.24, 2.45) is 11.1 Å². The maximum Gasteiger partial charge on any atom is 0.370 e. The van der Waals surface area contributed by atoms with Crippen LogP contribution in [0.15, 0.2) is 0 Å². The summed E-state index contributed by atoms with van der Waals surface area (Å²) in [5.41, 5.74) is 4.51. The van der Waals surface area contributed by atoms with Crippen molar-refractivity contribution in [3.63, 3.8) is 0 Å². The van der Waals surface area contributed by atoms with Gasteiger partial charge in [-0.15, -0.1) is 12.4 Å². The second-order valence-electron chi connectivity index (χ2n) is 4.45. The molecule has 0 aliphatic rings. The van der Waals surface area contributed by atoms with Gasteiger partial charge in [0.2, 0.25) is 6.79 Å². The third-order valence-corrected chi connectivity index (χ3v) is 2.56. The normalized spacial score (nSPS) is 12.0. The summed E-state index contributed by atoms with van der Waals surface area (Å²) in [5, 5.41) is 7.73. The Morgan fingerprint density at radius 3 is 2.21 bits per heavy atom. The molecule has 0 rings (SSSR count). The molecule has 0 aliphatic carbocycles. The Morgan fingerprint density at radius 1 is 1.26 bits per heavy atom. The standard InChI is InChI=1S/C10H17NO6S.ClH/c1-10(2,3)8(14)16-5-17-9(15)18-4-6(11)7(12)13;/h6H,4-5,11H2,1-3H3,(H,12,13);1H. The Bertz CT molecular complexity index is 330. The number of halogens is 1. The number of hydrogen-bond acceptors (Lipinski definition) is 7. The van der Waals surface area contributed by atoms with Gasteiger partial charge in [-0.2, -0.15) is 0 Å². The van der Waals surface area contributed by atoms with Gasteiger partial charge in [-0.3, -0.25) is 9.59 Å². The molecular formula is C10H18ClNO6S. The number of nitrogens with two attached hydrogens (primary N) is 1. The molecule has 1 unspecified atom stereocenters. The third-order valence-electron chi connectivity index (χ3n) is 1.68. The zero-order valence-corrected chi connectivity index (χ0v) is 12.5. The summed E-state index contributed by atoms with van der Waals surface area (Å²) in [7, 11) is 0. The fraction of sp³-hybridized carbons (Fsp3) is 0.700. The van der Waals surface area contributed by atoms with Gasteiger partial charge < -0.3 is 20.3 Å². The number of thioether (sulfide) groups is 1. The van der Waals surface area contributed by atoms with Crippen LogP contribution in [0.1, 0.15) is 20.8 Å². The first-order valence-corrected chi connectivity index (χ1v) is 6.08. The van der Waals surface area contributed by atoms with Crippen LogP contribution in [0.4, 0.5) is 4.79 Å². The lowest BCUT2D eigenvalue weighted by molar-refractivity contribution is -0.160. The van der Waals surface area contributed by atoms with Crippen molar-refractivity contribution in [2.45, 2.75) is 26.8 Å². The molecule has 0 bridgehead atoms. The fourth-order valence-corrected chi connectivity index (χ4v) is 1.21. The van der Waals surface area contributed by atoms with Gasteiger partial charge in [-0.25, -0.2) is 4.79 Å². The Hall–Kier alpha value is -0.990. The quantitative estimate of drug-likeness (QED) is 0.575. The summed E-state index contributed by atoms with van der Waals surface area (Å²) in [6, 6.07) is -1.14. The van der Waals surface area contributed by atoms with Crippen molar-refractivity contribution in [2.75, 3.05) is 12.5 Å². The average molecular weight is 316 g/mol. The number of esters is 1. The van der Waals surface area contributed by atoms with Crippen LogP contribution >= 0.6 is 24.2 Å². The lowest BCUT2D eigenvalue weighted by Crippen LogP contribution is -2.33. The van der Waals surface area contributed by atoms with Crippen LogP contribution in [0.3, 0.4) is 0 Å². The number of carbonyl (C=O) groups excluding carboxylic acids is 2. The van der Waals surface area contributed by atoms with E-state index in [4.69, 9.17) is 10.8 Å². The molecule has 9 heteroatoms. The van der Waals surface area contributed by atoms with E-state index in [1.807, 2.05) is 0 Å². The highest BCUT2D eigenvalue weighted by Crippen LogP contribution is 2.15. The van der Waals surface area contributed by atoms with Gasteiger partial charge in [-0.1, -0.05) is 0 Å². The molecule has 19 heavy (non-hydrogen) atoms. The summed E-state index contributed by atoms with van der Waals surface area (Å²) in [5.74, 6) is -1.81. The molecule has 0 saturated heterocycles. The number of carboxylic acid groups (broad SMARTS) is 1. The molecule has 7 nitrogen and oxygen atoms in total. The lowest BCUT2D eigenvalue weighted by Gasteiger charge is -2.16. The van der Waals surface area contributed by atoms with Gasteiger partial charge in [0.15, 0.2) is 0 Å². The van der Waals surface area contributed by atoms with Crippen LogP contribution in [0.25, 0.3) is 0 Å². The van der Waals surface area contributed by atoms with Crippen LogP contribution in [0.5, 0.6) is 0 Å². The predicted octanol–water partition coefficient (Wildman–Crippen LogP) is 1.24. The molecule has 0 amide bonds. The SMILES string of the molecule is CC(C)(C)C(=O)OCOC(=O)SCC(N)C(=O)O.Cl. The van der Waals surface area contributed by atoms with E-state index in [1.165, 1.54) is 0 Å². The molecule has 0 radical (unpaired) electrons. The molecular weight excluding hydrogens is 298 g/mol. The van der Waals surface area contributed by atoms with Crippen molar-refractivity contribution in [3.05, 3.63) is 0 Å². The molecule has 0 aliphatic heterocycles. The zero-order chi connectivity index (χ0) is 14.3. The van der Waals surface area contributed by atoms with Gasteiger partial charge in [-0.05, 0) is 32.5 Å². The first-order valence-electron chi connectivity index (χ1n) is 5.09. The molecule has 0 saturated carbocycles. The highest BCUT2D eigenvalue weighted by Gasteiger charge is 2.23. The van der Waals surface area contributed by atoms with E-state index in [9.17, 15) is 14.4 Å². The van der Waals surface area contributed by atoms with Gasteiger partial charge in [0, 0.05) is 5.75 Å². The van der Waals surface area contributed by atoms with E-state index in [2.05, 4.69) is 9.47 Å². The second-order valence-corrected chi connectivity index (χ2v) is 5.41. The third kappa shape index (κ3) is 9.57. The fourth-order valence-electron chi connectivity index (χ4n) is 0.618. The van der Waals surface area contributed by atoms with Crippen LogP contribution in [-0.2, 0) is 19.1 Å². The molecule has 0 heterocycles. The largest absolute Gasteiger partial charge is 0.480 e. The minimum absolute atomic E-state index is 0. The van der Waals surface area contributed by atoms with E-state index >= 15 is 0 Å². The topological polar surface area (TPSA) is 116 Å². The lowest BCUT2D eigenvalue weighted by atomic mass is 9.98. The monoisotopic (exact) mass is 315 g/mol. The molecule has 0 aromatic heterocycles. The molecule has 3 N–H and O–H groups in total. The zero-order valence-electron chi connectivity index (χ0n) is 10.9. The molecule has 1 atom stereocenters. The summed E-state index contributed by atoms with van der Waals surface area (Å²) in [4.78, 5) is 32.8. The van der Waals surface area contributed by atoms with E-state index in [-0.39, 0.29) is 18.2 Å². The number of carbonyl (C=O) groups is 3. The van der Waals surface area contributed by atoms with Gasteiger partial charge >= 0.3 is 17.2 Å². The first kappa shape index (κ1) is 20.3. The maximum atomic E-state index is 11.3. The van der Waals surface area contributed by atoms with E-state index < -0.39 is 35.5 Å². The van der Waals surface area contributed by atoms with Crippen molar-refractivity contribution in [1.82, 2.24) is 0 Å². The minimum Gasteiger partial charge on any atom is -0.480 e. The smallest absolute Gasteiger partial charge is 0.370 e. The summed E-state index contributed by atoms with van der Waals surface area (Å²) in [6.07, 6.45) is 0. The molecule has 0 spiro atoms. The summed E-state index contributed by atoms with van der Waals surface area (Å²) >= 11 is 0.614. The highest BCUT2D eigenvalue weighted by molar-refractivity contribution is 8.13. The van der Waals surface area contributed by atoms with Crippen molar-refractivity contribution >= 4 is 41.4 Å². The van der Waals surface area contributed by atoms with Crippen LogP contribution in [0, 0.1) is 5.41 Å². The second kappa shape index (κ2) is 9.00. The van der Waals surface area contributed by atoms with Gasteiger partial charge in [0.1, 0.15) is 6.04 Å². The minimum atomic E-state index is -1.20. The Morgan fingerprint density at radius 2 is 1.79 bits per heavy atom. The number of hydrogen-bond donors (Lipinski definition) is 2. The maximum absolute atomic E-state index is 11.3. The van der Waals surface area contributed by atoms with Crippen LogP contribution in [-0.4, -0.2) is 40.9 Å².